The third kappa shape index (κ3) is 6.07. The summed E-state index contributed by atoms with van der Waals surface area (Å²) in [6, 6.07) is 18.2. The molecule has 4 heterocycles. The number of rotatable bonds is 7. The summed E-state index contributed by atoms with van der Waals surface area (Å²) in [5, 5.41) is 14.7. The number of aromatic amines is 1. The van der Waals surface area contributed by atoms with E-state index in [9.17, 15) is 5.26 Å². The Labute approximate surface area is 243 Å². The number of aryl methyl sites for hydroxylation is 2. The maximum Gasteiger partial charge on any atom is 0.103 e. The summed E-state index contributed by atoms with van der Waals surface area (Å²) in [4.78, 5) is 13.2. The average Bonchev–Trinajstić information content (AvgIpc) is 3.49. The maximum atomic E-state index is 9.92. The van der Waals surface area contributed by atoms with Crippen LogP contribution in [-0.2, 0) is 6.54 Å². The monoisotopic (exact) mass is 544 g/mol. The Morgan fingerprint density at radius 1 is 1.02 bits per heavy atom. The van der Waals surface area contributed by atoms with Crippen molar-refractivity contribution in [3.8, 4) is 6.07 Å². The number of aromatic nitrogens is 2. The second-order valence-corrected chi connectivity index (χ2v) is 11.6. The Kier molecular flexibility index (Phi) is 8.18. The second kappa shape index (κ2) is 12.3. The minimum atomic E-state index is 0.533. The number of nitrogens with zero attached hydrogens (tertiary/aromatic N) is 4. The Morgan fingerprint density at radius 2 is 1.85 bits per heavy atom. The molecule has 0 unspecified atom stereocenters. The van der Waals surface area contributed by atoms with Crippen molar-refractivity contribution in [2.75, 3.05) is 31.5 Å². The lowest BCUT2D eigenvalue weighted by Crippen LogP contribution is -2.46. The zero-order valence-electron chi connectivity index (χ0n) is 24.3. The molecule has 2 aromatic heterocycles. The first-order valence-electron chi connectivity index (χ1n) is 15.1. The fourth-order valence-electron chi connectivity index (χ4n) is 6.56. The number of hydrogen-bond donors (Lipinski definition) is 2. The smallest absolute Gasteiger partial charge is 0.103 e. The van der Waals surface area contributed by atoms with Crippen LogP contribution in [0.3, 0.4) is 0 Å². The van der Waals surface area contributed by atoms with Gasteiger partial charge in [-0.2, -0.15) is 5.26 Å². The summed E-state index contributed by atoms with van der Waals surface area (Å²) in [5.41, 5.74) is 8.88. The lowest BCUT2D eigenvalue weighted by molar-refractivity contribution is 0.0896. The van der Waals surface area contributed by atoms with E-state index in [1.807, 2.05) is 13.1 Å². The number of pyridine rings is 1. The molecule has 6 heteroatoms. The number of hydrogen-bond acceptors (Lipinski definition) is 5. The Balaban J connectivity index is 1.18. The van der Waals surface area contributed by atoms with Crippen molar-refractivity contribution in [2.24, 2.45) is 0 Å². The van der Waals surface area contributed by atoms with E-state index in [0.29, 0.717) is 5.56 Å². The fourth-order valence-corrected chi connectivity index (χ4v) is 6.56. The fraction of sp³-hybridized carbons (Fsp3) is 0.371. The number of likely N-dealkylation sites (tertiary alicyclic amines) is 2. The summed E-state index contributed by atoms with van der Waals surface area (Å²) in [6.07, 6.45) is 14.6. The Bertz CT molecular complexity index is 1580. The van der Waals surface area contributed by atoms with Gasteiger partial charge in [-0.05, 0) is 101 Å². The van der Waals surface area contributed by atoms with E-state index in [-0.39, 0.29) is 0 Å². The van der Waals surface area contributed by atoms with Crippen LogP contribution in [0.1, 0.15) is 65.6 Å². The molecule has 2 aliphatic rings. The van der Waals surface area contributed by atoms with Crippen LogP contribution in [0.4, 0.5) is 11.4 Å². The van der Waals surface area contributed by atoms with Gasteiger partial charge in [0.05, 0.1) is 11.3 Å². The van der Waals surface area contributed by atoms with Gasteiger partial charge in [-0.15, -0.1) is 0 Å². The maximum absolute atomic E-state index is 9.92. The SMILES string of the molecule is Cc1ncc(C#N)c(Nc2ccc3[nH]ccc3c2C)c1/C=C/c1cccc(CN2CCC(N3CCCCC3)CC2)c1. The Hall–Kier alpha value is -3.92. The Morgan fingerprint density at radius 3 is 2.66 bits per heavy atom. The van der Waals surface area contributed by atoms with E-state index in [4.69, 9.17) is 0 Å². The van der Waals surface area contributed by atoms with Crippen molar-refractivity contribution in [3.05, 3.63) is 88.4 Å². The first kappa shape index (κ1) is 27.3. The molecule has 0 atom stereocenters. The predicted octanol–water partition coefficient (Wildman–Crippen LogP) is 7.42. The van der Waals surface area contributed by atoms with Crippen molar-refractivity contribution in [3.63, 3.8) is 0 Å². The van der Waals surface area contributed by atoms with Gasteiger partial charge in [0.15, 0.2) is 0 Å². The molecule has 0 radical (unpaired) electrons. The van der Waals surface area contributed by atoms with Crippen LogP contribution in [-0.4, -0.2) is 52.0 Å². The van der Waals surface area contributed by atoms with E-state index in [2.05, 4.69) is 92.7 Å². The van der Waals surface area contributed by atoms with Crippen LogP contribution in [0, 0.1) is 25.2 Å². The van der Waals surface area contributed by atoms with Crippen LogP contribution in [0.5, 0.6) is 0 Å². The predicted molar refractivity (Wildman–Crippen MR) is 169 cm³/mol. The van der Waals surface area contributed by atoms with Gasteiger partial charge in [-0.25, -0.2) is 0 Å². The van der Waals surface area contributed by atoms with E-state index in [0.717, 1.165) is 51.9 Å². The molecule has 0 bridgehead atoms. The van der Waals surface area contributed by atoms with E-state index < -0.39 is 0 Å². The molecule has 0 aliphatic carbocycles. The number of fused-ring (bicyclic) bond motifs is 1. The number of nitrogens with one attached hydrogen (secondary N) is 2. The van der Waals surface area contributed by atoms with Crippen LogP contribution >= 0.6 is 0 Å². The first-order valence-corrected chi connectivity index (χ1v) is 15.1. The van der Waals surface area contributed by atoms with Crippen LogP contribution in [0.25, 0.3) is 23.1 Å². The van der Waals surface area contributed by atoms with Gasteiger partial charge < -0.3 is 15.2 Å². The van der Waals surface area contributed by atoms with E-state index in [1.165, 1.54) is 69.2 Å². The molecular weight excluding hydrogens is 504 g/mol. The van der Waals surface area contributed by atoms with Crippen molar-refractivity contribution >= 4 is 34.4 Å². The van der Waals surface area contributed by atoms with Gasteiger partial charge in [-0.1, -0.05) is 42.8 Å². The van der Waals surface area contributed by atoms with Crippen LogP contribution in [0.2, 0.25) is 0 Å². The van der Waals surface area contributed by atoms with Gasteiger partial charge >= 0.3 is 0 Å². The van der Waals surface area contributed by atoms with Crippen molar-refractivity contribution in [1.82, 2.24) is 19.8 Å². The summed E-state index contributed by atoms with van der Waals surface area (Å²) < 4.78 is 0. The molecule has 210 valence electrons. The number of anilines is 2. The highest BCUT2D eigenvalue weighted by Gasteiger charge is 2.25. The zero-order valence-corrected chi connectivity index (χ0v) is 24.3. The summed E-state index contributed by atoms with van der Waals surface area (Å²) in [6.45, 7) is 10.0. The topological polar surface area (TPSA) is 71.0 Å². The molecule has 0 amide bonds. The molecule has 41 heavy (non-hydrogen) atoms. The molecule has 2 aromatic carbocycles. The minimum Gasteiger partial charge on any atom is -0.361 e. The number of H-pyrrole nitrogens is 1. The molecule has 6 nitrogen and oxygen atoms in total. The minimum absolute atomic E-state index is 0.533. The average molecular weight is 545 g/mol. The lowest BCUT2D eigenvalue weighted by atomic mass is 9.99. The van der Waals surface area contributed by atoms with Gasteiger partial charge in [0, 0.05) is 52.8 Å². The third-order valence-electron chi connectivity index (χ3n) is 8.96. The molecule has 0 spiro atoms. The standard InChI is InChI=1S/C35H40N6/c1-25-31-13-16-37-34(31)12-11-33(25)39-35-29(22-36)23-38-26(2)32(35)10-9-27-7-6-8-28(21-27)24-40-19-14-30(15-20-40)41-17-4-3-5-18-41/h6-13,16,21,23,30,37H,3-5,14-15,17-20,24H2,1-2H3,(H,38,39)/b10-9+. The highest BCUT2D eigenvalue weighted by Crippen LogP contribution is 2.32. The van der Waals surface area contributed by atoms with Crippen molar-refractivity contribution in [2.45, 2.75) is 58.5 Å². The lowest BCUT2D eigenvalue weighted by Gasteiger charge is -2.40. The first-order chi connectivity index (χ1) is 20.1. The molecule has 2 fully saturated rings. The number of piperidine rings is 2. The normalized spacial score (nSPS) is 17.3. The highest BCUT2D eigenvalue weighted by atomic mass is 15.2. The van der Waals surface area contributed by atoms with Gasteiger partial charge in [-0.3, -0.25) is 9.88 Å². The van der Waals surface area contributed by atoms with Crippen LogP contribution in [0.15, 0.2) is 54.9 Å². The van der Waals surface area contributed by atoms with Crippen LogP contribution < -0.4 is 5.32 Å². The summed E-state index contributed by atoms with van der Waals surface area (Å²) in [5.74, 6) is 0. The molecule has 4 aromatic rings. The largest absolute Gasteiger partial charge is 0.361 e. The molecule has 2 N–H and O–H groups in total. The number of nitriles is 1. The third-order valence-corrected chi connectivity index (χ3v) is 8.96. The van der Waals surface area contributed by atoms with Gasteiger partial charge in [0.2, 0.25) is 0 Å². The highest BCUT2D eigenvalue weighted by molar-refractivity contribution is 5.90. The molecule has 2 saturated heterocycles. The molecule has 0 saturated carbocycles. The number of benzene rings is 2. The molecule has 6 rings (SSSR count). The molecule has 2 aliphatic heterocycles. The molecular formula is C35H40N6. The summed E-state index contributed by atoms with van der Waals surface area (Å²) in [7, 11) is 0. The van der Waals surface area contributed by atoms with Crippen molar-refractivity contribution in [1.29, 1.82) is 5.26 Å². The quantitative estimate of drug-likeness (QED) is 0.253. The van der Waals surface area contributed by atoms with E-state index in [1.54, 1.807) is 6.20 Å². The second-order valence-electron chi connectivity index (χ2n) is 11.6. The van der Waals surface area contributed by atoms with Crippen molar-refractivity contribution < 1.29 is 0 Å². The van der Waals surface area contributed by atoms with Gasteiger partial charge in [0.25, 0.3) is 0 Å². The van der Waals surface area contributed by atoms with E-state index >= 15 is 0 Å². The zero-order chi connectivity index (χ0) is 28.2. The summed E-state index contributed by atoms with van der Waals surface area (Å²) >= 11 is 0. The van der Waals surface area contributed by atoms with Gasteiger partial charge in [0.1, 0.15) is 6.07 Å².